The maximum atomic E-state index is 12.3. The van der Waals surface area contributed by atoms with Crippen LogP contribution in [0, 0.1) is 6.92 Å². The lowest BCUT2D eigenvalue weighted by Gasteiger charge is -2.33. The van der Waals surface area contributed by atoms with Gasteiger partial charge < -0.3 is 24.3 Å². The summed E-state index contributed by atoms with van der Waals surface area (Å²) in [6, 6.07) is 2.12. The zero-order valence-electron chi connectivity index (χ0n) is 17.7. The van der Waals surface area contributed by atoms with E-state index in [0.717, 1.165) is 12.0 Å². The summed E-state index contributed by atoms with van der Waals surface area (Å²) in [5.74, 6) is -0.729. The normalized spacial score (nSPS) is 15.7. The zero-order chi connectivity index (χ0) is 22.1. The fourth-order valence-corrected chi connectivity index (χ4v) is 3.66. The Bertz CT molecular complexity index is 1040. The zero-order valence-corrected chi connectivity index (χ0v) is 17.7. The molecule has 0 saturated heterocycles. The number of carbonyl (C=O) groups is 2. The summed E-state index contributed by atoms with van der Waals surface area (Å²) >= 11 is 0. The summed E-state index contributed by atoms with van der Waals surface area (Å²) < 4.78 is 17.3. The molecule has 8 nitrogen and oxygen atoms in total. The summed E-state index contributed by atoms with van der Waals surface area (Å²) in [6.45, 7) is 7.19. The van der Waals surface area contributed by atoms with Crippen LogP contribution in [0.5, 0.6) is 11.5 Å². The van der Waals surface area contributed by atoms with E-state index in [-0.39, 0.29) is 12.2 Å². The van der Waals surface area contributed by atoms with Gasteiger partial charge in [-0.15, -0.1) is 0 Å². The number of aryl methyl sites for hydroxylation is 2. The van der Waals surface area contributed by atoms with Crippen LogP contribution in [0.3, 0.4) is 0 Å². The molecule has 2 aromatic rings. The van der Waals surface area contributed by atoms with Crippen LogP contribution in [-0.4, -0.2) is 35.2 Å². The van der Waals surface area contributed by atoms with Crippen molar-refractivity contribution < 1.29 is 28.6 Å². The predicted molar refractivity (Wildman–Crippen MR) is 110 cm³/mol. The van der Waals surface area contributed by atoms with Gasteiger partial charge in [0.2, 0.25) is 0 Å². The number of hydrogen-bond acceptors (Lipinski definition) is 6. The van der Waals surface area contributed by atoms with Crippen LogP contribution in [-0.2, 0) is 16.0 Å². The van der Waals surface area contributed by atoms with Crippen LogP contribution in [0.4, 0.5) is 0 Å². The van der Waals surface area contributed by atoms with E-state index in [1.807, 2.05) is 20.8 Å². The van der Waals surface area contributed by atoms with Crippen LogP contribution in [0.2, 0.25) is 0 Å². The molecule has 2 heterocycles. The number of carboxylic acid groups (broad SMARTS) is 1. The number of hydrogen-bond donors (Lipinski definition) is 2. The molecule has 1 aromatic heterocycles. The van der Waals surface area contributed by atoms with Crippen molar-refractivity contribution in [1.82, 2.24) is 5.32 Å². The molecule has 8 heteroatoms. The van der Waals surface area contributed by atoms with Crippen molar-refractivity contribution in [3.8, 4) is 11.5 Å². The van der Waals surface area contributed by atoms with Gasteiger partial charge in [0.05, 0.1) is 5.39 Å². The van der Waals surface area contributed by atoms with Crippen LogP contribution < -0.4 is 20.4 Å². The highest BCUT2D eigenvalue weighted by Gasteiger charge is 2.30. The van der Waals surface area contributed by atoms with E-state index in [0.29, 0.717) is 47.3 Å². The van der Waals surface area contributed by atoms with Gasteiger partial charge in [0.1, 0.15) is 28.7 Å². The number of carboxylic acids is 1. The van der Waals surface area contributed by atoms with Crippen molar-refractivity contribution in [3.63, 3.8) is 0 Å². The van der Waals surface area contributed by atoms with Crippen LogP contribution in [0.1, 0.15) is 51.2 Å². The highest BCUT2D eigenvalue weighted by molar-refractivity contribution is 5.92. The number of aliphatic carboxylic acids is 1. The van der Waals surface area contributed by atoms with Gasteiger partial charge in [0.15, 0.2) is 6.61 Å². The standard InChI is InChI=1S/C22H27NO7/c1-5-6-14(21(26)27)23-17(24)11-28-16-10-15-13(7-8-22(3,4)30-15)20-19(16)12(2)9-18(25)29-20/h9-10,14H,5-8,11H2,1-4H3,(H,23,24)(H,26,27)/t14-/m0/s1. The SMILES string of the molecule is CCC[C@H](NC(=O)COc1cc2c(c3oc(=O)cc(C)c13)CCC(C)(C)O2)C(=O)O. The fraction of sp³-hybridized carbons (Fsp3) is 0.500. The van der Waals surface area contributed by atoms with Crippen molar-refractivity contribution in [2.45, 2.75) is 65.0 Å². The highest BCUT2D eigenvalue weighted by atomic mass is 16.5. The first-order valence-electron chi connectivity index (χ1n) is 10.1. The van der Waals surface area contributed by atoms with E-state index in [9.17, 15) is 19.5 Å². The average Bonchev–Trinajstić information content (AvgIpc) is 2.64. The molecule has 2 N–H and O–H groups in total. The summed E-state index contributed by atoms with van der Waals surface area (Å²) in [4.78, 5) is 35.5. The maximum Gasteiger partial charge on any atom is 0.336 e. The summed E-state index contributed by atoms with van der Waals surface area (Å²) in [5, 5.41) is 12.3. The molecular formula is C22H27NO7. The monoisotopic (exact) mass is 417 g/mol. The largest absolute Gasteiger partial charge is 0.487 e. The second-order valence-electron chi connectivity index (χ2n) is 8.20. The van der Waals surface area contributed by atoms with E-state index in [2.05, 4.69) is 5.32 Å². The molecule has 1 atom stereocenters. The molecule has 0 radical (unpaired) electrons. The van der Waals surface area contributed by atoms with Gasteiger partial charge in [-0.3, -0.25) is 4.79 Å². The number of rotatable bonds is 7. The van der Waals surface area contributed by atoms with Crippen molar-refractivity contribution >= 4 is 22.8 Å². The number of benzene rings is 1. The molecule has 1 aliphatic heterocycles. The van der Waals surface area contributed by atoms with Gasteiger partial charge >= 0.3 is 11.6 Å². The lowest BCUT2D eigenvalue weighted by molar-refractivity contribution is -0.142. The molecule has 0 aliphatic carbocycles. The van der Waals surface area contributed by atoms with Crippen molar-refractivity contribution in [2.75, 3.05) is 6.61 Å². The van der Waals surface area contributed by atoms with Gasteiger partial charge in [-0.1, -0.05) is 13.3 Å². The summed E-state index contributed by atoms with van der Waals surface area (Å²) in [7, 11) is 0. The minimum absolute atomic E-state index is 0.329. The van der Waals surface area contributed by atoms with Gasteiger partial charge in [-0.2, -0.15) is 0 Å². The Morgan fingerprint density at radius 2 is 2.07 bits per heavy atom. The van der Waals surface area contributed by atoms with Crippen LogP contribution >= 0.6 is 0 Å². The Labute approximate surface area is 174 Å². The lowest BCUT2D eigenvalue weighted by Crippen LogP contribution is -2.42. The molecule has 0 spiro atoms. The van der Waals surface area contributed by atoms with Gasteiger partial charge in [-0.05, 0) is 45.6 Å². The topological polar surface area (TPSA) is 115 Å². The third kappa shape index (κ3) is 4.58. The highest BCUT2D eigenvalue weighted by Crippen LogP contribution is 2.42. The van der Waals surface area contributed by atoms with E-state index in [1.165, 1.54) is 6.07 Å². The first-order valence-corrected chi connectivity index (χ1v) is 10.1. The average molecular weight is 417 g/mol. The molecule has 0 unspecified atom stereocenters. The first kappa shape index (κ1) is 21.7. The molecule has 0 fully saturated rings. The first-order chi connectivity index (χ1) is 14.1. The molecule has 0 saturated carbocycles. The number of fused-ring (bicyclic) bond motifs is 3. The molecule has 1 aromatic carbocycles. The van der Waals surface area contributed by atoms with E-state index >= 15 is 0 Å². The summed E-state index contributed by atoms with van der Waals surface area (Å²) in [6.07, 6.45) is 2.40. The van der Waals surface area contributed by atoms with E-state index in [4.69, 9.17) is 13.9 Å². The maximum absolute atomic E-state index is 12.3. The van der Waals surface area contributed by atoms with E-state index in [1.54, 1.807) is 13.0 Å². The van der Waals surface area contributed by atoms with Crippen LogP contribution in [0.15, 0.2) is 21.3 Å². The predicted octanol–water partition coefficient (Wildman–Crippen LogP) is 2.95. The quantitative estimate of drug-likeness (QED) is 0.666. The van der Waals surface area contributed by atoms with Gasteiger partial charge in [0.25, 0.3) is 5.91 Å². The van der Waals surface area contributed by atoms with Crippen molar-refractivity contribution in [1.29, 1.82) is 0 Å². The number of nitrogens with one attached hydrogen (secondary N) is 1. The van der Waals surface area contributed by atoms with Crippen molar-refractivity contribution in [3.05, 3.63) is 33.7 Å². The Morgan fingerprint density at radius 3 is 2.73 bits per heavy atom. The second-order valence-corrected chi connectivity index (χ2v) is 8.20. The molecule has 0 bridgehead atoms. The minimum atomic E-state index is -1.09. The fourth-order valence-electron chi connectivity index (χ4n) is 3.66. The second kappa shape index (κ2) is 8.38. The summed E-state index contributed by atoms with van der Waals surface area (Å²) in [5.41, 5.74) is 1.02. The third-order valence-electron chi connectivity index (χ3n) is 5.17. The van der Waals surface area contributed by atoms with Crippen molar-refractivity contribution in [2.24, 2.45) is 0 Å². The molecule has 1 amide bonds. The molecule has 30 heavy (non-hydrogen) atoms. The number of amides is 1. The molecule has 3 rings (SSSR count). The minimum Gasteiger partial charge on any atom is -0.487 e. The Morgan fingerprint density at radius 1 is 1.33 bits per heavy atom. The Hall–Kier alpha value is -3.03. The number of carbonyl (C=O) groups excluding carboxylic acids is 1. The molecule has 1 aliphatic rings. The number of ether oxygens (including phenoxy) is 2. The smallest absolute Gasteiger partial charge is 0.336 e. The van der Waals surface area contributed by atoms with E-state index < -0.39 is 23.5 Å². The lowest BCUT2D eigenvalue weighted by atomic mass is 9.92. The van der Waals surface area contributed by atoms with Gasteiger partial charge in [-0.25, -0.2) is 9.59 Å². The van der Waals surface area contributed by atoms with Crippen LogP contribution in [0.25, 0.3) is 11.0 Å². The molecule has 162 valence electrons. The third-order valence-corrected chi connectivity index (χ3v) is 5.17. The Kier molecular flexibility index (Phi) is 6.05. The van der Waals surface area contributed by atoms with Gasteiger partial charge in [0, 0.05) is 17.7 Å². The molecular weight excluding hydrogens is 390 g/mol. The Balaban J connectivity index is 1.93.